The highest BCUT2D eigenvalue weighted by Crippen LogP contribution is 2.19. The van der Waals surface area contributed by atoms with E-state index in [2.05, 4.69) is 34.6 Å². The molecule has 2 atom stereocenters. The van der Waals surface area contributed by atoms with Crippen molar-refractivity contribution >= 4 is 17.9 Å². The quantitative estimate of drug-likeness (QED) is 0.0344. The summed E-state index contributed by atoms with van der Waals surface area (Å²) in [6.45, 7) is 11.4. The Bertz CT molecular complexity index is 995. The van der Waals surface area contributed by atoms with E-state index in [1.807, 2.05) is 0 Å². The van der Waals surface area contributed by atoms with E-state index in [0.29, 0.717) is 19.3 Å². The molecule has 0 radical (unpaired) electrons. The molecular weight excluding hydrogens is 805 g/mol. The molecular formula is C59H114O6. The molecule has 0 heterocycles. The average molecular weight is 920 g/mol. The van der Waals surface area contributed by atoms with Crippen molar-refractivity contribution in [2.75, 3.05) is 13.2 Å². The summed E-state index contributed by atoms with van der Waals surface area (Å²) < 4.78 is 16.9. The monoisotopic (exact) mass is 919 g/mol. The molecule has 0 aromatic carbocycles. The maximum Gasteiger partial charge on any atom is 0.306 e. The fourth-order valence-corrected chi connectivity index (χ4v) is 9.02. The fraction of sp³-hybridized carbons (Fsp3) is 0.949. The van der Waals surface area contributed by atoms with Crippen LogP contribution >= 0.6 is 0 Å². The van der Waals surface area contributed by atoms with Gasteiger partial charge in [-0.3, -0.25) is 14.4 Å². The molecule has 0 aliphatic heterocycles. The van der Waals surface area contributed by atoms with Crippen molar-refractivity contribution < 1.29 is 28.6 Å². The van der Waals surface area contributed by atoms with Gasteiger partial charge in [-0.25, -0.2) is 0 Å². The summed E-state index contributed by atoms with van der Waals surface area (Å²) in [6.07, 6.45) is 55.2. The Morgan fingerprint density at radius 1 is 0.323 bits per heavy atom. The van der Waals surface area contributed by atoms with Gasteiger partial charge in [-0.05, 0) is 31.1 Å². The first-order valence-corrected chi connectivity index (χ1v) is 29.3. The van der Waals surface area contributed by atoms with Crippen LogP contribution in [0.4, 0.5) is 0 Å². The summed E-state index contributed by atoms with van der Waals surface area (Å²) in [5.74, 6) is 0.889. The molecule has 1 unspecified atom stereocenters. The van der Waals surface area contributed by atoms with E-state index in [1.54, 1.807) is 0 Å². The maximum atomic E-state index is 12.8. The van der Waals surface area contributed by atoms with Gasteiger partial charge in [0.15, 0.2) is 6.10 Å². The van der Waals surface area contributed by atoms with Gasteiger partial charge in [0, 0.05) is 19.3 Å². The van der Waals surface area contributed by atoms with E-state index < -0.39 is 6.10 Å². The molecule has 0 aliphatic carbocycles. The summed E-state index contributed by atoms with van der Waals surface area (Å²) in [5.41, 5.74) is 0. The van der Waals surface area contributed by atoms with Crippen LogP contribution in [0.15, 0.2) is 0 Å². The third-order valence-corrected chi connectivity index (χ3v) is 13.8. The van der Waals surface area contributed by atoms with Crippen molar-refractivity contribution in [3.8, 4) is 0 Å². The number of hydrogen-bond donors (Lipinski definition) is 0. The third kappa shape index (κ3) is 51.6. The predicted molar refractivity (Wildman–Crippen MR) is 280 cm³/mol. The minimum absolute atomic E-state index is 0.0627. The van der Waals surface area contributed by atoms with Crippen molar-refractivity contribution in [1.82, 2.24) is 0 Å². The number of carbonyl (C=O) groups is 3. The lowest BCUT2D eigenvalue weighted by atomic mass is 9.99. The predicted octanol–water partition coefficient (Wildman–Crippen LogP) is 19.3. The lowest BCUT2D eigenvalue weighted by Crippen LogP contribution is -2.30. The third-order valence-electron chi connectivity index (χ3n) is 13.8. The van der Waals surface area contributed by atoms with E-state index in [-0.39, 0.29) is 31.1 Å². The highest BCUT2D eigenvalue weighted by molar-refractivity contribution is 5.71. The van der Waals surface area contributed by atoms with Crippen molar-refractivity contribution in [3.05, 3.63) is 0 Å². The Labute approximate surface area is 406 Å². The van der Waals surface area contributed by atoms with Gasteiger partial charge < -0.3 is 14.2 Å². The molecule has 386 valence electrons. The Kier molecular flexibility index (Phi) is 50.5. The minimum atomic E-state index is -0.762. The summed E-state index contributed by atoms with van der Waals surface area (Å²) in [7, 11) is 0. The molecule has 0 aromatic heterocycles. The molecule has 0 N–H and O–H groups in total. The molecule has 0 aliphatic rings. The van der Waals surface area contributed by atoms with Crippen LogP contribution in [0.1, 0.15) is 330 Å². The second kappa shape index (κ2) is 51.8. The molecule has 0 bridgehead atoms. The van der Waals surface area contributed by atoms with Gasteiger partial charge in [-0.15, -0.1) is 0 Å². The van der Waals surface area contributed by atoms with Crippen LogP contribution in [0.25, 0.3) is 0 Å². The number of ether oxygens (including phenoxy) is 3. The normalized spacial score (nSPS) is 12.5. The molecule has 0 fully saturated rings. The Balaban J connectivity index is 4.23. The van der Waals surface area contributed by atoms with Crippen LogP contribution in [-0.2, 0) is 28.6 Å². The van der Waals surface area contributed by atoms with Crippen LogP contribution in [0.2, 0.25) is 0 Å². The molecule has 0 amide bonds. The molecule has 0 saturated heterocycles. The first-order valence-electron chi connectivity index (χ1n) is 29.3. The standard InChI is InChI=1S/C59H114O6/c1-6-8-9-10-11-12-13-23-31-36-41-46-51-59(62)65-56(53-64-58(61)50-45-40-35-30-26-25-28-33-38-43-48-55(5)7-2)52-63-57(60)49-44-39-34-29-24-21-19-17-15-14-16-18-20-22-27-32-37-42-47-54(3)4/h54-56H,6-53H2,1-5H3/t55?,56-/m0/s1. The highest BCUT2D eigenvalue weighted by atomic mass is 16.6. The van der Waals surface area contributed by atoms with Crippen LogP contribution in [0, 0.1) is 11.8 Å². The number of carbonyl (C=O) groups excluding carboxylic acids is 3. The maximum absolute atomic E-state index is 12.8. The van der Waals surface area contributed by atoms with Crippen LogP contribution in [0.5, 0.6) is 0 Å². The Morgan fingerprint density at radius 3 is 0.877 bits per heavy atom. The van der Waals surface area contributed by atoms with Crippen LogP contribution in [0.3, 0.4) is 0 Å². The van der Waals surface area contributed by atoms with Crippen LogP contribution < -0.4 is 0 Å². The fourth-order valence-electron chi connectivity index (χ4n) is 9.02. The van der Waals surface area contributed by atoms with Crippen molar-refractivity contribution in [1.29, 1.82) is 0 Å². The molecule has 0 rings (SSSR count). The van der Waals surface area contributed by atoms with Crippen molar-refractivity contribution in [3.63, 3.8) is 0 Å². The Hall–Kier alpha value is -1.59. The summed E-state index contributed by atoms with van der Waals surface area (Å²) in [5, 5.41) is 0. The summed E-state index contributed by atoms with van der Waals surface area (Å²) in [4.78, 5) is 38.1. The zero-order valence-electron chi connectivity index (χ0n) is 44.6. The number of rotatable bonds is 53. The molecule has 6 heteroatoms. The van der Waals surface area contributed by atoms with Gasteiger partial charge in [-0.2, -0.15) is 0 Å². The highest BCUT2D eigenvalue weighted by Gasteiger charge is 2.19. The van der Waals surface area contributed by atoms with Gasteiger partial charge in [0.25, 0.3) is 0 Å². The SMILES string of the molecule is CCCCCCCCCCCCCCC(=O)O[C@@H](COC(=O)CCCCCCCCCCCCCCCCCCCCC(C)C)COC(=O)CCCCCCCCCCCCC(C)CC. The Morgan fingerprint density at radius 2 is 0.585 bits per heavy atom. The van der Waals surface area contributed by atoms with E-state index in [1.165, 1.54) is 218 Å². The number of hydrogen-bond acceptors (Lipinski definition) is 6. The topological polar surface area (TPSA) is 78.9 Å². The van der Waals surface area contributed by atoms with E-state index in [0.717, 1.165) is 69.6 Å². The van der Waals surface area contributed by atoms with E-state index in [4.69, 9.17) is 14.2 Å². The number of unbranched alkanes of at least 4 members (excludes halogenated alkanes) is 37. The van der Waals surface area contributed by atoms with E-state index >= 15 is 0 Å². The summed E-state index contributed by atoms with van der Waals surface area (Å²) in [6, 6.07) is 0. The zero-order chi connectivity index (χ0) is 47.5. The van der Waals surface area contributed by atoms with Crippen molar-refractivity contribution in [2.45, 2.75) is 336 Å². The first kappa shape index (κ1) is 63.4. The molecule has 65 heavy (non-hydrogen) atoms. The van der Waals surface area contributed by atoms with Gasteiger partial charge in [0.2, 0.25) is 0 Å². The lowest BCUT2D eigenvalue weighted by Gasteiger charge is -2.18. The van der Waals surface area contributed by atoms with Gasteiger partial charge in [-0.1, -0.05) is 291 Å². The van der Waals surface area contributed by atoms with Gasteiger partial charge in [0.05, 0.1) is 0 Å². The van der Waals surface area contributed by atoms with Gasteiger partial charge >= 0.3 is 17.9 Å². The van der Waals surface area contributed by atoms with Gasteiger partial charge in [0.1, 0.15) is 13.2 Å². The largest absolute Gasteiger partial charge is 0.462 e. The van der Waals surface area contributed by atoms with Crippen molar-refractivity contribution in [2.24, 2.45) is 11.8 Å². The molecule has 0 aromatic rings. The molecule has 0 saturated carbocycles. The second-order valence-electron chi connectivity index (χ2n) is 21.0. The van der Waals surface area contributed by atoms with E-state index in [9.17, 15) is 14.4 Å². The minimum Gasteiger partial charge on any atom is -0.462 e. The average Bonchev–Trinajstić information content (AvgIpc) is 3.29. The lowest BCUT2D eigenvalue weighted by molar-refractivity contribution is -0.167. The smallest absolute Gasteiger partial charge is 0.306 e. The number of esters is 3. The summed E-state index contributed by atoms with van der Waals surface area (Å²) >= 11 is 0. The second-order valence-corrected chi connectivity index (χ2v) is 21.0. The zero-order valence-corrected chi connectivity index (χ0v) is 44.6. The molecule has 6 nitrogen and oxygen atoms in total. The first-order chi connectivity index (χ1) is 31.8. The van der Waals surface area contributed by atoms with Crippen LogP contribution in [-0.4, -0.2) is 37.2 Å². The molecule has 0 spiro atoms.